The third-order valence-electron chi connectivity index (χ3n) is 9.82. The molecule has 1 aliphatic carbocycles. The molecule has 0 atom stereocenters. The van der Waals surface area contributed by atoms with Crippen LogP contribution < -0.4 is 0 Å². The maximum Gasteiger partial charge on any atom is 0.164 e. The minimum Gasteiger partial charge on any atom is -0.312 e. The SMILES string of the molecule is N#Cc1ccc#cc1-c1cc(-c2nc(-c3ccccc3)nc(-c3ccccc3)n2)ccc1-n1c2c(c3cc4c(cc31)sc1ccccc14)C=CCC2. The lowest BCUT2D eigenvalue weighted by Gasteiger charge is -2.18. The summed E-state index contributed by atoms with van der Waals surface area (Å²) < 4.78 is 4.93. The molecule has 0 spiro atoms. The second kappa shape index (κ2) is 12.2. The Hall–Kier alpha value is -6.86. The van der Waals surface area contributed by atoms with Gasteiger partial charge >= 0.3 is 0 Å². The van der Waals surface area contributed by atoms with Crippen molar-refractivity contribution in [3.8, 4) is 57.0 Å². The zero-order valence-electron chi connectivity index (χ0n) is 27.8. The minimum absolute atomic E-state index is 0.528. The van der Waals surface area contributed by atoms with E-state index in [4.69, 9.17) is 15.0 Å². The molecule has 0 aliphatic heterocycles. The first-order chi connectivity index (χ1) is 25.7. The predicted octanol–water partition coefficient (Wildman–Crippen LogP) is 11.3. The van der Waals surface area contributed by atoms with Crippen LogP contribution in [0, 0.1) is 23.5 Å². The summed E-state index contributed by atoms with van der Waals surface area (Å²) in [6.07, 6.45) is 6.41. The van der Waals surface area contributed by atoms with E-state index in [1.54, 1.807) is 12.1 Å². The van der Waals surface area contributed by atoms with Crippen LogP contribution in [0.2, 0.25) is 0 Å². The lowest BCUT2D eigenvalue weighted by Crippen LogP contribution is -2.06. The van der Waals surface area contributed by atoms with Gasteiger partial charge in [0.25, 0.3) is 0 Å². The van der Waals surface area contributed by atoms with Crippen molar-refractivity contribution in [3.63, 3.8) is 0 Å². The second-order valence-electron chi connectivity index (χ2n) is 12.9. The van der Waals surface area contributed by atoms with Gasteiger partial charge in [-0.05, 0) is 61.4 Å². The van der Waals surface area contributed by atoms with Crippen molar-refractivity contribution in [1.29, 1.82) is 5.26 Å². The van der Waals surface area contributed by atoms with Crippen LogP contribution in [0.25, 0.3) is 88.1 Å². The van der Waals surface area contributed by atoms with E-state index in [9.17, 15) is 5.26 Å². The van der Waals surface area contributed by atoms with Crippen LogP contribution in [-0.4, -0.2) is 19.5 Å². The van der Waals surface area contributed by atoms with Crippen LogP contribution in [0.4, 0.5) is 0 Å². The Balaban J connectivity index is 1.25. The molecule has 0 amide bonds. The molecule has 0 N–H and O–H groups in total. The van der Waals surface area contributed by atoms with Crippen LogP contribution >= 0.6 is 11.3 Å². The number of thiophene rings is 1. The number of benzene rings is 5. The van der Waals surface area contributed by atoms with E-state index >= 15 is 0 Å². The monoisotopic (exact) mass is 681 g/mol. The number of nitrogens with zero attached hydrogens (tertiary/aromatic N) is 5. The van der Waals surface area contributed by atoms with Crippen molar-refractivity contribution >= 4 is 48.5 Å². The predicted molar refractivity (Wildman–Crippen MR) is 211 cm³/mol. The Morgan fingerprint density at radius 1 is 0.673 bits per heavy atom. The van der Waals surface area contributed by atoms with Gasteiger partial charge in [0.15, 0.2) is 17.5 Å². The van der Waals surface area contributed by atoms with Gasteiger partial charge in [0.1, 0.15) is 6.07 Å². The Morgan fingerprint density at radius 2 is 1.38 bits per heavy atom. The summed E-state index contributed by atoms with van der Waals surface area (Å²) >= 11 is 1.82. The number of hydrogen-bond acceptors (Lipinski definition) is 5. The molecule has 0 saturated carbocycles. The number of nitriles is 1. The molecule has 242 valence electrons. The molecule has 52 heavy (non-hydrogen) atoms. The Morgan fingerprint density at radius 3 is 2.13 bits per heavy atom. The largest absolute Gasteiger partial charge is 0.312 e. The topological polar surface area (TPSA) is 67.4 Å². The van der Waals surface area contributed by atoms with Crippen molar-refractivity contribution in [3.05, 3.63) is 162 Å². The molecule has 0 radical (unpaired) electrons. The van der Waals surface area contributed by atoms with Crippen molar-refractivity contribution < 1.29 is 0 Å². The molecule has 0 bridgehead atoms. The maximum absolute atomic E-state index is 10.3. The lowest BCUT2D eigenvalue weighted by atomic mass is 9.97. The highest BCUT2D eigenvalue weighted by Crippen LogP contribution is 2.43. The van der Waals surface area contributed by atoms with Gasteiger partial charge in [0.2, 0.25) is 0 Å². The molecule has 0 fully saturated rings. The van der Waals surface area contributed by atoms with Gasteiger partial charge in [-0.2, -0.15) is 5.26 Å². The smallest absolute Gasteiger partial charge is 0.164 e. The first kappa shape index (κ1) is 30.0. The van der Waals surface area contributed by atoms with E-state index in [1.165, 1.54) is 36.8 Å². The molecule has 3 aromatic heterocycles. The summed E-state index contributed by atoms with van der Waals surface area (Å²) in [4.78, 5) is 15.0. The van der Waals surface area contributed by atoms with Crippen LogP contribution in [0.1, 0.15) is 23.2 Å². The number of fused-ring (bicyclic) bond motifs is 6. The van der Waals surface area contributed by atoms with E-state index < -0.39 is 0 Å². The summed E-state index contributed by atoms with van der Waals surface area (Å²) in [5.74, 6) is 1.74. The zero-order valence-corrected chi connectivity index (χ0v) is 28.7. The summed E-state index contributed by atoms with van der Waals surface area (Å²) in [6, 6.07) is 52.1. The van der Waals surface area contributed by atoms with Gasteiger partial charge in [0.05, 0.1) is 22.3 Å². The Labute approximate surface area is 304 Å². The first-order valence-corrected chi connectivity index (χ1v) is 18.0. The molecule has 6 aromatic carbocycles. The molecule has 0 unspecified atom stereocenters. The number of allylic oxidation sites excluding steroid dienone is 1. The van der Waals surface area contributed by atoms with Crippen LogP contribution in [0.15, 0.2) is 133 Å². The van der Waals surface area contributed by atoms with E-state index in [1.807, 2.05) is 72.0 Å². The molecular formula is C46H27N5S. The van der Waals surface area contributed by atoms with E-state index in [0.717, 1.165) is 46.3 Å². The molecule has 0 saturated heterocycles. The zero-order chi connectivity index (χ0) is 34.6. The molecule has 3 heterocycles. The lowest BCUT2D eigenvalue weighted by molar-refractivity contribution is 0.889. The molecule has 9 aromatic rings. The van der Waals surface area contributed by atoms with E-state index in [2.05, 4.69) is 89.5 Å². The van der Waals surface area contributed by atoms with Crippen molar-refractivity contribution in [2.75, 3.05) is 0 Å². The van der Waals surface area contributed by atoms with Gasteiger partial charge in [-0.1, -0.05) is 103 Å². The van der Waals surface area contributed by atoms with Crippen molar-refractivity contribution in [2.45, 2.75) is 12.8 Å². The minimum atomic E-state index is 0.528. The Kier molecular flexibility index (Phi) is 7.03. The molecule has 1 aliphatic rings. The standard InChI is InChI=1S/C46H27N5S/c47-28-32-17-7-8-18-33(32)36-25-31(46-49-44(29-13-3-1-4-14-29)48-45(50-46)30-15-5-2-6-16-30)23-24-40(36)51-39-21-11-9-19-34(39)37-26-38-35-20-10-12-22-42(35)52-43(38)27-41(37)51/h1-7,9-10,12-17,19-20,22-27H,11,21H2. The fourth-order valence-electron chi connectivity index (χ4n) is 7.41. The summed E-state index contributed by atoms with van der Waals surface area (Å²) in [5, 5.41) is 14.1. The highest BCUT2D eigenvalue weighted by atomic mass is 32.1. The fourth-order valence-corrected chi connectivity index (χ4v) is 8.54. The Bertz CT molecular complexity index is 2850. The number of rotatable bonds is 5. The van der Waals surface area contributed by atoms with Gasteiger partial charge in [0, 0.05) is 59.1 Å². The summed E-state index contributed by atoms with van der Waals surface area (Å²) in [5.41, 5.74) is 9.31. The fraction of sp³-hybridized carbons (Fsp3) is 0.0435. The van der Waals surface area contributed by atoms with Crippen LogP contribution in [0.5, 0.6) is 0 Å². The molecule has 10 rings (SSSR count). The van der Waals surface area contributed by atoms with Gasteiger partial charge in [-0.15, -0.1) is 11.3 Å². The second-order valence-corrected chi connectivity index (χ2v) is 14.0. The highest BCUT2D eigenvalue weighted by Gasteiger charge is 2.24. The quantitative estimate of drug-likeness (QED) is 0.181. The maximum atomic E-state index is 10.3. The van der Waals surface area contributed by atoms with Crippen LogP contribution in [-0.2, 0) is 6.42 Å². The van der Waals surface area contributed by atoms with E-state index in [0.29, 0.717) is 28.6 Å². The molecule has 6 heteroatoms. The van der Waals surface area contributed by atoms with Crippen molar-refractivity contribution in [2.24, 2.45) is 0 Å². The number of hydrogen-bond donors (Lipinski definition) is 0. The summed E-state index contributed by atoms with van der Waals surface area (Å²) in [7, 11) is 0. The molecule has 5 nitrogen and oxygen atoms in total. The third kappa shape index (κ3) is 4.89. The average Bonchev–Trinajstić information content (AvgIpc) is 3.75. The van der Waals surface area contributed by atoms with Gasteiger partial charge < -0.3 is 4.57 Å². The van der Waals surface area contributed by atoms with Crippen LogP contribution in [0.3, 0.4) is 0 Å². The van der Waals surface area contributed by atoms with Gasteiger partial charge in [-0.25, -0.2) is 15.0 Å². The first-order valence-electron chi connectivity index (χ1n) is 17.2. The number of aromatic nitrogens is 4. The third-order valence-corrected chi connectivity index (χ3v) is 11.0. The van der Waals surface area contributed by atoms with Crippen molar-refractivity contribution in [1.82, 2.24) is 19.5 Å². The summed E-state index contributed by atoms with van der Waals surface area (Å²) in [6.45, 7) is 0. The average molecular weight is 682 g/mol. The van der Waals surface area contributed by atoms with Gasteiger partial charge in [-0.3, -0.25) is 0 Å². The normalized spacial score (nSPS) is 12.2. The van der Waals surface area contributed by atoms with E-state index in [-0.39, 0.29) is 0 Å². The molecular weight excluding hydrogens is 655 g/mol. The highest BCUT2D eigenvalue weighted by molar-refractivity contribution is 7.25.